The number of oxime groups is 1. The Labute approximate surface area is 104 Å². The molecule has 0 spiro atoms. The number of hydrogen-bond donors (Lipinski definition) is 2. The van der Waals surface area contributed by atoms with Crippen molar-refractivity contribution in [3.8, 4) is 11.8 Å². The highest BCUT2D eigenvalue weighted by molar-refractivity contribution is 6.01. The number of nitrogens with one attached hydrogen (secondary N) is 1. The van der Waals surface area contributed by atoms with Crippen LogP contribution in [-0.4, -0.2) is 37.1 Å². The predicted molar refractivity (Wildman–Crippen MR) is 70.8 cm³/mol. The van der Waals surface area contributed by atoms with Crippen LogP contribution in [0.2, 0.25) is 0 Å². The van der Waals surface area contributed by atoms with Gasteiger partial charge in [-0.1, -0.05) is 31.8 Å². The molecule has 1 atom stereocenters. The van der Waals surface area contributed by atoms with Gasteiger partial charge in [0.15, 0.2) is 0 Å². The lowest BCUT2D eigenvalue weighted by Gasteiger charge is -2.09. The number of aliphatic hydroxyl groups excluding tert-OH is 1. The van der Waals surface area contributed by atoms with E-state index in [9.17, 15) is 0 Å². The Balaban J connectivity index is 3.73. The van der Waals surface area contributed by atoms with E-state index in [1.807, 2.05) is 20.8 Å². The molecule has 4 nitrogen and oxygen atoms in total. The summed E-state index contributed by atoms with van der Waals surface area (Å²) in [6, 6.07) is 0. The molecule has 0 aromatic heterocycles. The van der Waals surface area contributed by atoms with Crippen molar-refractivity contribution < 1.29 is 9.94 Å². The molecule has 0 unspecified atom stereocenters. The van der Waals surface area contributed by atoms with Crippen LogP contribution in [0.3, 0.4) is 0 Å². The summed E-state index contributed by atoms with van der Waals surface area (Å²) in [4.78, 5) is 5.19. The van der Waals surface area contributed by atoms with Crippen LogP contribution in [0.25, 0.3) is 0 Å². The molecule has 0 aromatic carbocycles. The standard InChI is InChI=1S/C13H24N2O2/c1-5-6-13(11(2)3)15-17-8-7-14-9-12(4)10-16/h11-12,14,16H,7-10H2,1-4H3/b15-13+/t12-/m0/s1. The zero-order chi connectivity index (χ0) is 13.1. The molecule has 0 aromatic rings. The second-order valence-electron chi connectivity index (χ2n) is 4.33. The summed E-state index contributed by atoms with van der Waals surface area (Å²) in [5.74, 6) is 6.30. The van der Waals surface area contributed by atoms with Gasteiger partial charge in [-0.05, 0) is 18.8 Å². The van der Waals surface area contributed by atoms with Gasteiger partial charge < -0.3 is 15.3 Å². The van der Waals surface area contributed by atoms with Gasteiger partial charge in [0.1, 0.15) is 12.3 Å². The highest BCUT2D eigenvalue weighted by atomic mass is 16.6. The van der Waals surface area contributed by atoms with Gasteiger partial charge in [-0.25, -0.2) is 0 Å². The topological polar surface area (TPSA) is 53.8 Å². The van der Waals surface area contributed by atoms with Gasteiger partial charge in [-0.15, -0.1) is 0 Å². The van der Waals surface area contributed by atoms with Crippen LogP contribution in [-0.2, 0) is 4.84 Å². The maximum Gasteiger partial charge on any atom is 0.132 e. The van der Waals surface area contributed by atoms with E-state index in [0.29, 0.717) is 6.61 Å². The fourth-order valence-electron chi connectivity index (χ4n) is 1.05. The average molecular weight is 240 g/mol. The second kappa shape index (κ2) is 10.1. The lowest BCUT2D eigenvalue weighted by Crippen LogP contribution is -2.26. The van der Waals surface area contributed by atoms with Crippen molar-refractivity contribution in [3.05, 3.63) is 0 Å². The second-order valence-corrected chi connectivity index (χ2v) is 4.33. The number of nitrogens with zero attached hydrogens (tertiary/aromatic N) is 1. The summed E-state index contributed by atoms with van der Waals surface area (Å²) in [7, 11) is 0. The van der Waals surface area contributed by atoms with Crippen LogP contribution < -0.4 is 5.32 Å². The summed E-state index contributed by atoms with van der Waals surface area (Å²) in [6.45, 7) is 10.1. The first-order chi connectivity index (χ1) is 8.11. The summed E-state index contributed by atoms with van der Waals surface area (Å²) < 4.78 is 0. The van der Waals surface area contributed by atoms with E-state index in [1.54, 1.807) is 6.92 Å². The maximum atomic E-state index is 8.82. The van der Waals surface area contributed by atoms with Gasteiger partial charge in [0.25, 0.3) is 0 Å². The lowest BCUT2D eigenvalue weighted by atomic mass is 10.1. The van der Waals surface area contributed by atoms with Crippen molar-refractivity contribution in [2.45, 2.75) is 27.7 Å². The third-order valence-electron chi connectivity index (χ3n) is 2.14. The third-order valence-corrected chi connectivity index (χ3v) is 2.14. The van der Waals surface area contributed by atoms with Gasteiger partial charge in [-0.2, -0.15) is 0 Å². The lowest BCUT2D eigenvalue weighted by molar-refractivity contribution is 0.142. The van der Waals surface area contributed by atoms with Gasteiger partial charge in [0.2, 0.25) is 0 Å². The van der Waals surface area contributed by atoms with Crippen molar-refractivity contribution in [1.82, 2.24) is 5.32 Å². The van der Waals surface area contributed by atoms with E-state index >= 15 is 0 Å². The highest BCUT2D eigenvalue weighted by Crippen LogP contribution is 1.96. The van der Waals surface area contributed by atoms with Gasteiger partial charge >= 0.3 is 0 Å². The first kappa shape index (κ1) is 16.0. The smallest absolute Gasteiger partial charge is 0.132 e. The molecule has 17 heavy (non-hydrogen) atoms. The minimum absolute atomic E-state index is 0.204. The van der Waals surface area contributed by atoms with Crippen molar-refractivity contribution in [3.63, 3.8) is 0 Å². The van der Waals surface area contributed by atoms with Crippen LogP contribution in [0, 0.1) is 23.7 Å². The summed E-state index contributed by atoms with van der Waals surface area (Å²) in [5, 5.41) is 16.0. The van der Waals surface area contributed by atoms with Gasteiger partial charge in [0.05, 0.1) is 0 Å². The van der Waals surface area contributed by atoms with Crippen molar-refractivity contribution >= 4 is 5.71 Å². The van der Waals surface area contributed by atoms with Crippen molar-refractivity contribution in [2.75, 3.05) is 26.3 Å². The molecule has 0 aliphatic carbocycles. The summed E-state index contributed by atoms with van der Waals surface area (Å²) in [5.41, 5.74) is 0.774. The highest BCUT2D eigenvalue weighted by Gasteiger charge is 2.02. The van der Waals surface area contributed by atoms with Gasteiger partial charge in [0, 0.05) is 25.6 Å². The molecule has 0 bridgehead atoms. The van der Waals surface area contributed by atoms with Crippen LogP contribution in [0.4, 0.5) is 0 Å². The average Bonchev–Trinajstić information content (AvgIpc) is 2.31. The molecule has 0 aliphatic rings. The first-order valence-corrected chi connectivity index (χ1v) is 6.06. The Hall–Kier alpha value is -1.05. The monoisotopic (exact) mass is 240 g/mol. The summed E-state index contributed by atoms with van der Waals surface area (Å²) >= 11 is 0. The minimum Gasteiger partial charge on any atom is -0.396 e. The molecule has 98 valence electrons. The van der Waals surface area contributed by atoms with Crippen molar-refractivity contribution in [1.29, 1.82) is 0 Å². The molecule has 0 heterocycles. The SMILES string of the molecule is CC#C/C(=N\OCCNC[C@H](C)CO)C(C)C. The van der Waals surface area contributed by atoms with Crippen LogP contribution in [0.5, 0.6) is 0 Å². The van der Waals surface area contributed by atoms with Crippen LogP contribution in [0.1, 0.15) is 27.7 Å². The normalized spacial score (nSPS) is 13.2. The quantitative estimate of drug-likeness (QED) is 0.291. The van der Waals surface area contributed by atoms with E-state index < -0.39 is 0 Å². The van der Waals surface area contributed by atoms with E-state index in [4.69, 9.17) is 9.94 Å². The molecule has 0 radical (unpaired) electrons. The molecule has 4 heteroatoms. The summed E-state index contributed by atoms with van der Waals surface area (Å²) in [6.07, 6.45) is 0. The van der Waals surface area contributed by atoms with Crippen LogP contribution in [0.15, 0.2) is 5.16 Å². The fraction of sp³-hybridized carbons (Fsp3) is 0.769. The maximum absolute atomic E-state index is 8.82. The molecule has 0 amide bonds. The minimum atomic E-state index is 0.204. The fourth-order valence-corrected chi connectivity index (χ4v) is 1.05. The Morgan fingerprint density at radius 2 is 2.12 bits per heavy atom. The molecule has 0 saturated heterocycles. The van der Waals surface area contributed by atoms with E-state index in [-0.39, 0.29) is 18.4 Å². The molecule has 0 aliphatic heterocycles. The predicted octanol–water partition coefficient (Wildman–Crippen LogP) is 1.26. The molecule has 2 N–H and O–H groups in total. The van der Waals surface area contributed by atoms with E-state index in [2.05, 4.69) is 22.3 Å². The molecule has 0 saturated carbocycles. The Kier molecular flexibility index (Phi) is 9.50. The zero-order valence-electron chi connectivity index (χ0n) is 11.3. The largest absolute Gasteiger partial charge is 0.396 e. The van der Waals surface area contributed by atoms with Gasteiger partial charge in [-0.3, -0.25) is 0 Å². The molecule has 0 rings (SSSR count). The Morgan fingerprint density at radius 3 is 2.65 bits per heavy atom. The number of rotatable bonds is 8. The molecule has 0 fully saturated rings. The van der Waals surface area contributed by atoms with Crippen molar-refractivity contribution in [2.24, 2.45) is 17.0 Å². The van der Waals surface area contributed by atoms with E-state index in [0.717, 1.165) is 18.8 Å². The molecular formula is C13H24N2O2. The Bertz CT molecular complexity index is 277. The first-order valence-electron chi connectivity index (χ1n) is 6.06. The third kappa shape index (κ3) is 8.73. The molecular weight excluding hydrogens is 216 g/mol. The zero-order valence-corrected chi connectivity index (χ0v) is 11.3. The van der Waals surface area contributed by atoms with E-state index in [1.165, 1.54) is 0 Å². The Morgan fingerprint density at radius 1 is 1.41 bits per heavy atom. The number of aliphatic hydroxyl groups is 1. The number of hydrogen-bond acceptors (Lipinski definition) is 4. The van der Waals surface area contributed by atoms with Crippen LogP contribution >= 0.6 is 0 Å².